The number of carbonyl (C=O) groups excluding carboxylic acids is 1. The summed E-state index contributed by atoms with van der Waals surface area (Å²) in [6.07, 6.45) is 2.16. The Kier molecular flexibility index (Phi) is 6.69. The van der Waals surface area contributed by atoms with Gasteiger partial charge in [0, 0.05) is 48.5 Å². The molecule has 1 saturated heterocycles. The van der Waals surface area contributed by atoms with Gasteiger partial charge in [-0.15, -0.1) is 11.3 Å². The summed E-state index contributed by atoms with van der Waals surface area (Å²) in [6, 6.07) is 13.8. The van der Waals surface area contributed by atoms with E-state index in [4.69, 9.17) is 11.6 Å². The molecule has 0 bridgehead atoms. The third kappa shape index (κ3) is 5.50. The predicted octanol–water partition coefficient (Wildman–Crippen LogP) is 4.38. The summed E-state index contributed by atoms with van der Waals surface area (Å²) in [5.41, 5.74) is 2.02. The Morgan fingerprint density at radius 3 is 2.76 bits per heavy atom. The van der Waals surface area contributed by atoms with Gasteiger partial charge in [0.15, 0.2) is 0 Å². The molecular weight excluding hydrogens is 424 g/mol. The molecule has 150 valence electrons. The molecule has 0 radical (unpaired) electrons. The molecule has 3 aromatic rings. The average molecular weight is 445 g/mol. The van der Waals surface area contributed by atoms with Gasteiger partial charge in [-0.3, -0.25) is 4.79 Å². The topological polar surface area (TPSA) is 49.3 Å². The van der Waals surface area contributed by atoms with E-state index in [-0.39, 0.29) is 5.91 Å². The van der Waals surface area contributed by atoms with E-state index in [9.17, 15) is 4.79 Å². The monoisotopic (exact) mass is 444 g/mol. The average Bonchev–Trinajstić information content (AvgIpc) is 3.20. The van der Waals surface area contributed by atoms with Gasteiger partial charge in [-0.1, -0.05) is 41.6 Å². The molecule has 1 aromatic carbocycles. The van der Waals surface area contributed by atoms with E-state index in [1.807, 2.05) is 46.7 Å². The van der Waals surface area contributed by atoms with Crippen LogP contribution in [0.25, 0.3) is 0 Å². The van der Waals surface area contributed by atoms with Crippen molar-refractivity contribution in [3.05, 3.63) is 70.3 Å². The Hall–Kier alpha value is -2.09. The molecule has 1 aliphatic heterocycles. The normalized spacial score (nSPS) is 14.2. The molecule has 1 amide bonds. The maximum Gasteiger partial charge on any atom is 0.228 e. The van der Waals surface area contributed by atoms with Gasteiger partial charge in [0.1, 0.15) is 10.2 Å². The number of carbonyl (C=O) groups is 1. The number of aromatic nitrogens is 2. The first kappa shape index (κ1) is 20.2. The van der Waals surface area contributed by atoms with Crippen LogP contribution in [0.3, 0.4) is 0 Å². The van der Waals surface area contributed by atoms with Gasteiger partial charge < -0.3 is 9.80 Å². The highest BCUT2D eigenvalue weighted by Gasteiger charge is 2.22. The zero-order valence-electron chi connectivity index (χ0n) is 15.8. The smallest absolute Gasteiger partial charge is 0.228 e. The Morgan fingerprint density at radius 2 is 2.00 bits per heavy atom. The zero-order chi connectivity index (χ0) is 20.1. The van der Waals surface area contributed by atoms with Crippen LogP contribution in [0.15, 0.2) is 58.4 Å². The number of thioether (sulfide) groups is 1. The highest BCUT2D eigenvalue weighted by atomic mass is 35.5. The summed E-state index contributed by atoms with van der Waals surface area (Å²) >= 11 is 9.30. The van der Waals surface area contributed by atoms with Gasteiger partial charge in [-0.25, -0.2) is 9.97 Å². The van der Waals surface area contributed by atoms with Crippen LogP contribution in [0.4, 0.5) is 5.82 Å². The van der Waals surface area contributed by atoms with Crippen molar-refractivity contribution in [2.45, 2.75) is 16.5 Å². The van der Waals surface area contributed by atoms with Gasteiger partial charge in [0.2, 0.25) is 5.91 Å². The molecule has 0 saturated carbocycles. The number of rotatable bonds is 6. The number of hydrogen-bond donors (Lipinski definition) is 0. The largest absolute Gasteiger partial charge is 0.353 e. The summed E-state index contributed by atoms with van der Waals surface area (Å²) in [6.45, 7) is 3.05. The van der Waals surface area contributed by atoms with E-state index in [2.05, 4.69) is 20.9 Å². The number of pyridine rings is 1. The number of benzene rings is 1. The molecule has 0 unspecified atom stereocenters. The van der Waals surface area contributed by atoms with Gasteiger partial charge in [0.05, 0.1) is 12.1 Å². The Balaban J connectivity index is 1.26. The lowest BCUT2D eigenvalue weighted by Crippen LogP contribution is -2.49. The summed E-state index contributed by atoms with van der Waals surface area (Å²) < 4.78 is 0.979. The van der Waals surface area contributed by atoms with Gasteiger partial charge in [-0.2, -0.15) is 0 Å². The lowest BCUT2D eigenvalue weighted by molar-refractivity contribution is -0.130. The molecule has 5 nitrogen and oxygen atoms in total. The van der Waals surface area contributed by atoms with Gasteiger partial charge in [0.25, 0.3) is 0 Å². The van der Waals surface area contributed by atoms with Crippen LogP contribution in [-0.4, -0.2) is 47.0 Å². The molecule has 4 rings (SSSR count). The minimum Gasteiger partial charge on any atom is -0.353 e. The lowest BCUT2D eigenvalue weighted by Gasteiger charge is -2.35. The quantitative estimate of drug-likeness (QED) is 0.528. The minimum absolute atomic E-state index is 0.141. The van der Waals surface area contributed by atoms with Gasteiger partial charge >= 0.3 is 0 Å². The van der Waals surface area contributed by atoms with Crippen molar-refractivity contribution in [3.63, 3.8) is 0 Å². The highest BCUT2D eigenvalue weighted by Crippen LogP contribution is 2.27. The van der Waals surface area contributed by atoms with E-state index < -0.39 is 0 Å². The molecule has 29 heavy (non-hydrogen) atoms. The van der Waals surface area contributed by atoms with E-state index >= 15 is 0 Å². The maximum absolute atomic E-state index is 12.7. The SMILES string of the molecule is O=C(Cc1csc(SCc2cccc(Cl)c2)n1)N1CCN(c2ccccn2)CC1. The summed E-state index contributed by atoms with van der Waals surface area (Å²) in [5, 5.41) is 2.74. The first-order valence-corrected chi connectivity index (χ1v) is 11.7. The van der Waals surface area contributed by atoms with Crippen molar-refractivity contribution in [1.29, 1.82) is 0 Å². The van der Waals surface area contributed by atoms with Crippen LogP contribution >= 0.6 is 34.7 Å². The highest BCUT2D eigenvalue weighted by molar-refractivity contribution is 8.00. The van der Waals surface area contributed by atoms with E-state index in [1.165, 1.54) is 5.56 Å². The van der Waals surface area contributed by atoms with Crippen LogP contribution in [0.2, 0.25) is 5.02 Å². The fourth-order valence-electron chi connectivity index (χ4n) is 3.20. The third-order valence-corrected chi connectivity index (χ3v) is 7.10. The standard InChI is InChI=1S/C21H21ClN4OS2/c22-17-5-3-4-16(12-17)14-28-21-24-18(15-29-21)13-20(27)26-10-8-25(9-11-26)19-6-1-2-7-23-19/h1-7,12,15H,8-11,13-14H2. The lowest BCUT2D eigenvalue weighted by atomic mass is 10.2. The Bertz CT molecular complexity index is 958. The molecule has 1 aliphatic rings. The van der Waals surface area contributed by atoms with Crippen molar-refractivity contribution in [2.75, 3.05) is 31.1 Å². The van der Waals surface area contributed by atoms with Crippen molar-refractivity contribution in [2.24, 2.45) is 0 Å². The number of piperazine rings is 1. The Labute approximate surface area is 183 Å². The molecule has 1 fully saturated rings. The van der Waals surface area contributed by atoms with Crippen LogP contribution in [0, 0.1) is 0 Å². The second-order valence-corrected chi connectivity index (χ2v) is 9.27. The second kappa shape index (κ2) is 9.61. The number of halogens is 1. The predicted molar refractivity (Wildman–Crippen MR) is 120 cm³/mol. The molecule has 3 heterocycles. The van der Waals surface area contributed by atoms with Crippen LogP contribution in [-0.2, 0) is 17.0 Å². The fraction of sp³-hybridized carbons (Fsp3) is 0.286. The number of nitrogens with zero attached hydrogens (tertiary/aromatic N) is 4. The fourth-order valence-corrected chi connectivity index (χ4v) is 5.20. The molecule has 0 N–H and O–H groups in total. The van der Waals surface area contributed by atoms with Gasteiger partial charge in [-0.05, 0) is 29.8 Å². The van der Waals surface area contributed by atoms with Crippen molar-refractivity contribution in [3.8, 4) is 0 Å². The first-order valence-electron chi connectivity index (χ1n) is 9.43. The number of anilines is 1. The summed E-state index contributed by atoms with van der Waals surface area (Å²) in [5.74, 6) is 1.93. The number of thiazole rings is 1. The summed E-state index contributed by atoms with van der Waals surface area (Å²) in [7, 11) is 0. The summed E-state index contributed by atoms with van der Waals surface area (Å²) in [4.78, 5) is 25.8. The number of hydrogen-bond acceptors (Lipinski definition) is 6. The first-order chi connectivity index (χ1) is 14.2. The number of amides is 1. The van der Waals surface area contributed by atoms with Crippen molar-refractivity contribution >= 4 is 46.4 Å². The molecule has 2 aromatic heterocycles. The Morgan fingerprint density at radius 1 is 1.14 bits per heavy atom. The molecule has 0 atom stereocenters. The maximum atomic E-state index is 12.7. The van der Waals surface area contributed by atoms with Crippen molar-refractivity contribution < 1.29 is 4.79 Å². The van der Waals surface area contributed by atoms with E-state index in [0.29, 0.717) is 6.42 Å². The zero-order valence-corrected chi connectivity index (χ0v) is 18.2. The minimum atomic E-state index is 0.141. The molecule has 8 heteroatoms. The van der Waals surface area contributed by atoms with E-state index in [0.717, 1.165) is 52.8 Å². The second-order valence-electron chi connectivity index (χ2n) is 6.76. The van der Waals surface area contributed by atoms with Crippen LogP contribution in [0.5, 0.6) is 0 Å². The van der Waals surface area contributed by atoms with Crippen molar-refractivity contribution in [1.82, 2.24) is 14.9 Å². The third-order valence-electron chi connectivity index (χ3n) is 4.72. The van der Waals surface area contributed by atoms with Crippen LogP contribution < -0.4 is 4.90 Å². The molecule has 0 aliphatic carbocycles. The van der Waals surface area contributed by atoms with Crippen LogP contribution in [0.1, 0.15) is 11.3 Å². The van der Waals surface area contributed by atoms with E-state index in [1.54, 1.807) is 29.3 Å². The molecular formula is C21H21ClN4OS2. The molecule has 0 spiro atoms.